The first-order valence-corrected chi connectivity index (χ1v) is 11.3. The second-order valence-electron chi connectivity index (χ2n) is 8.44. The highest BCUT2D eigenvalue weighted by molar-refractivity contribution is 6.29. The number of hydrogen-bond donors (Lipinski definition) is 0. The molecule has 2 aromatic rings. The molecule has 1 saturated heterocycles. The van der Waals surface area contributed by atoms with E-state index < -0.39 is 47.8 Å². The van der Waals surface area contributed by atoms with Crippen LogP contribution in [0.4, 0.5) is 10.1 Å². The molecule has 190 valence electrons. The Balaban J connectivity index is 1.53. The first-order chi connectivity index (χ1) is 17.2. The van der Waals surface area contributed by atoms with Gasteiger partial charge in [-0.15, -0.1) is 0 Å². The van der Waals surface area contributed by atoms with Gasteiger partial charge in [0.15, 0.2) is 5.41 Å². The van der Waals surface area contributed by atoms with Crippen molar-refractivity contribution in [1.82, 2.24) is 9.96 Å². The highest BCUT2D eigenvalue weighted by Crippen LogP contribution is 2.48. The molecule has 36 heavy (non-hydrogen) atoms. The number of carbonyl (C=O) groups is 4. The normalized spacial score (nSPS) is 18.7. The van der Waals surface area contributed by atoms with Crippen molar-refractivity contribution in [3.63, 3.8) is 0 Å². The van der Waals surface area contributed by atoms with Crippen molar-refractivity contribution in [2.75, 3.05) is 45.9 Å². The van der Waals surface area contributed by atoms with Gasteiger partial charge in [0.1, 0.15) is 23.9 Å². The minimum absolute atomic E-state index is 0.122. The van der Waals surface area contributed by atoms with Crippen LogP contribution in [0.25, 0.3) is 0 Å². The summed E-state index contributed by atoms with van der Waals surface area (Å²) in [6, 6.07) is 10.8. The van der Waals surface area contributed by atoms with Gasteiger partial charge in [-0.1, -0.05) is 0 Å². The Hall–Kier alpha value is -3.99. The van der Waals surface area contributed by atoms with E-state index in [0.717, 1.165) is 16.0 Å². The molecule has 0 aliphatic carbocycles. The number of anilines is 1. The molecule has 0 radical (unpaired) electrons. The molecule has 11 heteroatoms. The van der Waals surface area contributed by atoms with E-state index in [-0.39, 0.29) is 18.7 Å². The topological polar surface area (TPSA) is 106 Å². The number of likely N-dealkylation sites (tertiary alicyclic amines) is 1. The monoisotopic (exact) mass is 499 g/mol. The molecule has 4 amide bonds. The number of rotatable bonds is 9. The second kappa shape index (κ2) is 9.94. The number of fused-ring (bicyclic) bond motifs is 2. The van der Waals surface area contributed by atoms with E-state index in [1.165, 1.54) is 31.2 Å². The third-order valence-electron chi connectivity index (χ3n) is 6.42. The fourth-order valence-corrected chi connectivity index (χ4v) is 4.46. The molecule has 10 nitrogen and oxygen atoms in total. The van der Waals surface area contributed by atoms with Crippen molar-refractivity contribution in [2.24, 2.45) is 0 Å². The van der Waals surface area contributed by atoms with Crippen LogP contribution in [-0.2, 0) is 29.4 Å². The maximum Gasteiger partial charge on any atom is 0.265 e. The van der Waals surface area contributed by atoms with E-state index in [1.807, 2.05) is 0 Å². The lowest BCUT2D eigenvalue weighted by atomic mass is 9.80. The van der Waals surface area contributed by atoms with E-state index in [0.29, 0.717) is 23.6 Å². The fraction of sp³-hybridized carbons (Fsp3) is 0.360. The molecule has 1 spiro atoms. The van der Waals surface area contributed by atoms with Gasteiger partial charge in [-0.05, 0) is 48.9 Å². The molecule has 0 bridgehead atoms. The number of hydrogen-bond acceptors (Lipinski definition) is 7. The molecule has 1 unspecified atom stereocenters. The SMILES string of the molecule is COc1ccc(OCCCN2C(=O)C3(CC(=O)N(CC(=O)N(C)OC)C3=O)c3cc(F)ccc32)cc1. The zero-order valence-electron chi connectivity index (χ0n) is 20.2. The number of likely N-dealkylation sites (N-methyl/N-ethyl adjacent to an activating group) is 1. The average molecular weight is 499 g/mol. The van der Waals surface area contributed by atoms with Crippen LogP contribution in [0.1, 0.15) is 18.4 Å². The van der Waals surface area contributed by atoms with Crippen molar-refractivity contribution in [1.29, 1.82) is 0 Å². The van der Waals surface area contributed by atoms with E-state index in [1.54, 1.807) is 31.4 Å². The Kier molecular flexibility index (Phi) is 6.93. The molecule has 0 aromatic heterocycles. The molecule has 0 saturated carbocycles. The van der Waals surface area contributed by atoms with Crippen molar-refractivity contribution in [3.05, 3.63) is 53.8 Å². The average Bonchev–Trinajstić information content (AvgIpc) is 3.26. The summed E-state index contributed by atoms with van der Waals surface area (Å²) in [6.07, 6.45) is -0.0718. The Morgan fingerprint density at radius 3 is 2.36 bits per heavy atom. The summed E-state index contributed by atoms with van der Waals surface area (Å²) in [7, 11) is 4.17. The van der Waals surface area contributed by atoms with Crippen LogP contribution in [0.3, 0.4) is 0 Å². The minimum atomic E-state index is -1.91. The summed E-state index contributed by atoms with van der Waals surface area (Å²) in [6.45, 7) is -0.129. The van der Waals surface area contributed by atoms with Gasteiger partial charge >= 0.3 is 0 Å². The first-order valence-electron chi connectivity index (χ1n) is 11.3. The van der Waals surface area contributed by atoms with Gasteiger partial charge in [0, 0.05) is 24.8 Å². The van der Waals surface area contributed by atoms with E-state index >= 15 is 0 Å². The number of carbonyl (C=O) groups excluding carboxylic acids is 4. The molecular formula is C25H26FN3O7. The van der Waals surface area contributed by atoms with Gasteiger partial charge in [-0.25, -0.2) is 9.45 Å². The summed E-state index contributed by atoms with van der Waals surface area (Å²) in [5, 5.41) is 0.880. The molecule has 2 aliphatic rings. The zero-order valence-corrected chi connectivity index (χ0v) is 20.2. The Labute approximate surface area is 207 Å². The number of amides is 4. The third kappa shape index (κ3) is 4.26. The van der Waals surface area contributed by atoms with Crippen LogP contribution < -0.4 is 14.4 Å². The maximum atomic E-state index is 14.2. The molecule has 1 fully saturated rings. The summed E-state index contributed by atoms with van der Waals surface area (Å²) < 4.78 is 25.1. The van der Waals surface area contributed by atoms with Gasteiger partial charge in [-0.3, -0.25) is 28.9 Å². The first kappa shape index (κ1) is 25.1. The van der Waals surface area contributed by atoms with E-state index in [4.69, 9.17) is 14.3 Å². The van der Waals surface area contributed by atoms with Crippen molar-refractivity contribution in [2.45, 2.75) is 18.3 Å². The number of methoxy groups -OCH3 is 1. The highest BCUT2D eigenvalue weighted by atomic mass is 19.1. The summed E-state index contributed by atoms with van der Waals surface area (Å²) in [4.78, 5) is 59.1. The van der Waals surface area contributed by atoms with Crippen molar-refractivity contribution >= 4 is 29.3 Å². The quantitative estimate of drug-likeness (QED) is 0.224. The van der Waals surface area contributed by atoms with Gasteiger partial charge in [0.2, 0.25) is 11.8 Å². The number of hydroxylamine groups is 2. The second-order valence-corrected chi connectivity index (χ2v) is 8.44. The molecule has 2 heterocycles. The Morgan fingerprint density at radius 2 is 1.69 bits per heavy atom. The summed E-state index contributed by atoms with van der Waals surface area (Å²) >= 11 is 0. The zero-order chi connectivity index (χ0) is 26.0. The molecule has 1 atom stereocenters. The van der Waals surface area contributed by atoms with Crippen molar-refractivity contribution in [3.8, 4) is 11.5 Å². The van der Waals surface area contributed by atoms with Gasteiger partial charge in [-0.2, -0.15) is 0 Å². The van der Waals surface area contributed by atoms with Crippen LogP contribution in [0.5, 0.6) is 11.5 Å². The van der Waals surface area contributed by atoms with Gasteiger partial charge in [0.25, 0.3) is 11.8 Å². The predicted molar refractivity (Wildman–Crippen MR) is 125 cm³/mol. The molecule has 4 rings (SSSR count). The number of benzene rings is 2. The number of nitrogens with zero attached hydrogens (tertiary/aromatic N) is 3. The Bertz CT molecular complexity index is 1200. The van der Waals surface area contributed by atoms with Crippen molar-refractivity contribution < 1.29 is 37.9 Å². The summed E-state index contributed by atoms with van der Waals surface area (Å²) in [5.41, 5.74) is -1.43. The number of ether oxygens (including phenoxy) is 2. The standard InChI is InChI=1S/C25H26FN3O7/c1-27(35-3)22(31)15-29-21(30)14-25(24(29)33)19-13-16(26)5-10-20(19)28(23(25)32)11-4-12-36-18-8-6-17(34-2)7-9-18/h5-10,13H,4,11-12,14-15H2,1-3H3. The Morgan fingerprint density at radius 1 is 1.03 bits per heavy atom. The van der Waals surface area contributed by atoms with E-state index in [2.05, 4.69) is 0 Å². The largest absolute Gasteiger partial charge is 0.497 e. The molecule has 0 N–H and O–H groups in total. The summed E-state index contributed by atoms with van der Waals surface area (Å²) in [5.74, 6) is -2.13. The van der Waals surface area contributed by atoms with Crippen LogP contribution in [0.2, 0.25) is 0 Å². The molecule has 2 aliphatic heterocycles. The van der Waals surface area contributed by atoms with E-state index in [9.17, 15) is 23.6 Å². The van der Waals surface area contributed by atoms with Crippen LogP contribution in [0, 0.1) is 5.82 Å². The fourth-order valence-electron chi connectivity index (χ4n) is 4.46. The lowest BCUT2D eigenvalue weighted by Crippen LogP contribution is -2.48. The molecule has 2 aromatic carbocycles. The highest BCUT2D eigenvalue weighted by Gasteiger charge is 2.64. The lowest BCUT2D eigenvalue weighted by molar-refractivity contribution is -0.172. The predicted octanol–water partition coefficient (Wildman–Crippen LogP) is 1.67. The maximum absolute atomic E-state index is 14.2. The lowest BCUT2D eigenvalue weighted by Gasteiger charge is -2.23. The van der Waals surface area contributed by atoms with Gasteiger partial charge < -0.3 is 14.4 Å². The number of imide groups is 1. The minimum Gasteiger partial charge on any atom is -0.497 e. The third-order valence-corrected chi connectivity index (χ3v) is 6.42. The van der Waals surface area contributed by atoms with Crippen LogP contribution >= 0.6 is 0 Å². The van der Waals surface area contributed by atoms with Crippen LogP contribution in [0.15, 0.2) is 42.5 Å². The smallest absolute Gasteiger partial charge is 0.265 e. The molecular weight excluding hydrogens is 473 g/mol. The van der Waals surface area contributed by atoms with Gasteiger partial charge in [0.05, 0.1) is 27.2 Å². The van der Waals surface area contributed by atoms with Crippen LogP contribution in [-0.4, -0.2) is 74.6 Å². The number of halogens is 1.